The van der Waals surface area contributed by atoms with E-state index in [1.807, 2.05) is 6.92 Å². The predicted molar refractivity (Wildman–Crippen MR) is 65.7 cm³/mol. The van der Waals surface area contributed by atoms with E-state index in [1.165, 1.54) is 0 Å². The molecule has 2 aliphatic heterocycles. The van der Waals surface area contributed by atoms with E-state index in [4.69, 9.17) is 10.5 Å². The summed E-state index contributed by atoms with van der Waals surface area (Å²) in [5.74, 6) is -0.351. The zero-order valence-electron chi connectivity index (χ0n) is 10.7. The molecule has 0 aromatic carbocycles. The molecule has 0 radical (unpaired) electrons. The molecule has 0 spiro atoms. The van der Waals surface area contributed by atoms with Gasteiger partial charge in [-0.3, -0.25) is 9.59 Å². The van der Waals surface area contributed by atoms with Crippen LogP contribution in [0.5, 0.6) is 0 Å². The van der Waals surface area contributed by atoms with Crippen molar-refractivity contribution >= 4 is 11.8 Å². The van der Waals surface area contributed by atoms with E-state index in [9.17, 15) is 9.59 Å². The molecule has 6 nitrogen and oxygen atoms in total. The maximum absolute atomic E-state index is 12.4. The van der Waals surface area contributed by atoms with E-state index in [0.29, 0.717) is 6.61 Å². The van der Waals surface area contributed by atoms with Gasteiger partial charge in [-0.05, 0) is 25.3 Å². The third kappa shape index (κ3) is 2.81. The molecule has 0 aromatic rings. The summed E-state index contributed by atoms with van der Waals surface area (Å²) in [4.78, 5) is 25.2. The van der Waals surface area contributed by atoms with Gasteiger partial charge in [0.15, 0.2) is 0 Å². The van der Waals surface area contributed by atoms with Crippen molar-refractivity contribution in [2.45, 2.75) is 31.9 Å². The first-order valence-electron chi connectivity index (χ1n) is 6.50. The van der Waals surface area contributed by atoms with Crippen molar-refractivity contribution in [3.8, 4) is 0 Å². The molecule has 0 aliphatic carbocycles. The maximum atomic E-state index is 12.4. The van der Waals surface area contributed by atoms with Crippen molar-refractivity contribution in [2.24, 2.45) is 11.7 Å². The highest BCUT2D eigenvalue weighted by molar-refractivity contribution is 5.87. The molecule has 3 N–H and O–H groups in total. The number of nitrogens with two attached hydrogens (primary N) is 1. The van der Waals surface area contributed by atoms with Gasteiger partial charge in [0.05, 0.1) is 6.54 Å². The first-order valence-corrected chi connectivity index (χ1v) is 6.50. The number of carbonyl (C=O) groups excluding carboxylic acids is 2. The Bertz CT molecular complexity index is 329. The third-order valence-corrected chi connectivity index (χ3v) is 3.72. The molecule has 102 valence electrons. The summed E-state index contributed by atoms with van der Waals surface area (Å²) in [6, 6.07) is 0.0569. The molecule has 0 saturated carbocycles. The van der Waals surface area contributed by atoms with Gasteiger partial charge in [-0.1, -0.05) is 6.92 Å². The maximum Gasteiger partial charge on any atom is 0.252 e. The summed E-state index contributed by atoms with van der Waals surface area (Å²) in [7, 11) is 0. The van der Waals surface area contributed by atoms with Crippen LogP contribution in [0.4, 0.5) is 0 Å². The molecule has 2 fully saturated rings. The Morgan fingerprint density at radius 2 is 2.22 bits per heavy atom. The number of carbonyl (C=O) groups is 2. The van der Waals surface area contributed by atoms with Gasteiger partial charge < -0.3 is 20.7 Å². The van der Waals surface area contributed by atoms with E-state index in [2.05, 4.69) is 5.32 Å². The summed E-state index contributed by atoms with van der Waals surface area (Å²) < 4.78 is 5.49. The van der Waals surface area contributed by atoms with E-state index in [-0.39, 0.29) is 24.4 Å². The molecule has 18 heavy (non-hydrogen) atoms. The van der Waals surface area contributed by atoms with Crippen molar-refractivity contribution in [3.63, 3.8) is 0 Å². The van der Waals surface area contributed by atoms with Crippen LogP contribution in [0.1, 0.15) is 19.8 Å². The number of hydrogen-bond donors (Lipinski definition) is 2. The zero-order chi connectivity index (χ0) is 13.1. The van der Waals surface area contributed by atoms with Gasteiger partial charge in [0.2, 0.25) is 5.91 Å². The highest BCUT2D eigenvalue weighted by Crippen LogP contribution is 2.23. The molecule has 2 amide bonds. The predicted octanol–water partition coefficient (Wildman–Crippen LogP) is -0.913. The van der Waals surface area contributed by atoms with Crippen molar-refractivity contribution in [2.75, 3.05) is 26.2 Å². The first kappa shape index (κ1) is 13.3. The van der Waals surface area contributed by atoms with Gasteiger partial charge >= 0.3 is 0 Å². The second kappa shape index (κ2) is 5.67. The highest BCUT2D eigenvalue weighted by atomic mass is 16.5. The molecule has 2 rings (SSSR count). The topological polar surface area (TPSA) is 84.7 Å². The largest absolute Gasteiger partial charge is 0.368 e. The zero-order valence-corrected chi connectivity index (χ0v) is 10.7. The fraction of sp³-hybridized carbons (Fsp3) is 0.833. The van der Waals surface area contributed by atoms with Crippen LogP contribution in [0.2, 0.25) is 0 Å². The molecule has 3 unspecified atom stereocenters. The Morgan fingerprint density at radius 3 is 2.72 bits per heavy atom. The van der Waals surface area contributed by atoms with Crippen molar-refractivity contribution in [3.05, 3.63) is 0 Å². The van der Waals surface area contributed by atoms with Crippen LogP contribution in [0.25, 0.3) is 0 Å². The van der Waals surface area contributed by atoms with Crippen LogP contribution >= 0.6 is 0 Å². The van der Waals surface area contributed by atoms with Crippen LogP contribution in [-0.4, -0.2) is 55.1 Å². The summed E-state index contributed by atoms with van der Waals surface area (Å²) in [5.41, 5.74) is 5.24. The quantitative estimate of drug-likeness (QED) is 0.681. The normalized spacial score (nSPS) is 31.5. The SMILES string of the molecule is CC1CCOC1C(=O)N(CC(N)=O)C1CCNC1. The minimum absolute atomic E-state index is 0.0161. The number of nitrogens with one attached hydrogen (secondary N) is 1. The van der Waals surface area contributed by atoms with Crippen molar-refractivity contribution in [1.82, 2.24) is 10.2 Å². The minimum Gasteiger partial charge on any atom is -0.368 e. The van der Waals surface area contributed by atoms with Gasteiger partial charge in [0.25, 0.3) is 5.91 Å². The van der Waals surface area contributed by atoms with Crippen LogP contribution in [0.15, 0.2) is 0 Å². The number of nitrogens with zero attached hydrogens (tertiary/aromatic N) is 1. The summed E-state index contributed by atoms with van der Waals surface area (Å²) in [6.07, 6.45) is 1.34. The molecule has 2 saturated heterocycles. The average Bonchev–Trinajstić information content (AvgIpc) is 2.95. The van der Waals surface area contributed by atoms with E-state index in [0.717, 1.165) is 25.9 Å². The molecule has 2 heterocycles. The molecular formula is C12H21N3O3. The minimum atomic E-state index is -0.471. The van der Waals surface area contributed by atoms with Gasteiger partial charge in [-0.25, -0.2) is 0 Å². The number of primary amides is 1. The number of amides is 2. The lowest BCUT2D eigenvalue weighted by Crippen LogP contribution is -2.51. The second-order valence-electron chi connectivity index (χ2n) is 5.14. The molecular weight excluding hydrogens is 234 g/mol. The number of ether oxygens (including phenoxy) is 1. The highest BCUT2D eigenvalue weighted by Gasteiger charge is 2.37. The summed E-state index contributed by atoms with van der Waals surface area (Å²) in [6.45, 7) is 4.20. The standard InChI is InChI=1S/C12H21N3O3/c1-8-3-5-18-11(8)12(17)15(7-10(13)16)9-2-4-14-6-9/h8-9,11,14H,2-7H2,1H3,(H2,13,16). The lowest BCUT2D eigenvalue weighted by Gasteiger charge is -2.30. The Morgan fingerprint density at radius 1 is 1.44 bits per heavy atom. The second-order valence-corrected chi connectivity index (χ2v) is 5.14. The fourth-order valence-electron chi connectivity index (χ4n) is 2.63. The van der Waals surface area contributed by atoms with Crippen LogP contribution in [0.3, 0.4) is 0 Å². The third-order valence-electron chi connectivity index (χ3n) is 3.72. The Kier molecular flexibility index (Phi) is 4.19. The fourth-order valence-corrected chi connectivity index (χ4v) is 2.63. The van der Waals surface area contributed by atoms with Crippen LogP contribution < -0.4 is 11.1 Å². The van der Waals surface area contributed by atoms with Gasteiger partial charge in [-0.2, -0.15) is 0 Å². The lowest BCUT2D eigenvalue weighted by molar-refractivity contribution is -0.147. The van der Waals surface area contributed by atoms with Crippen molar-refractivity contribution < 1.29 is 14.3 Å². The van der Waals surface area contributed by atoms with Gasteiger partial charge in [-0.15, -0.1) is 0 Å². The van der Waals surface area contributed by atoms with Crippen LogP contribution in [-0.2, 0) is 14.3 Å². The van der Waals surface area contributed by atoms with Gasteiger partial charge in [0.1, 0.15) is 6.10 Å². The first-order chi connectivity index (χ1) is 8.59. The van der Waals surface area contributed by atoms with Crippen LogP contribution in [0, 0.1) is 5.92 Å². The molecule has 0 aromatic heterocycles. The Labute approximate surface area is 107 Å². The van der Waals surface area contributed by atoms with E-state index in [1.54, 1.807) is 4.90 Å². The Balaban J connectivity index is 2.06. The summed E-state index contributed by atoms with van der Waals surface area (Å²) >= 11 is 0. The van der Waals surface area contributed by atoms with Crippen molar-refractivity contribution in [1.29, 1.82) is 0 Å². The van der Waals surface area contributed by atoms with E-state index >= 15 is 0 Å². The average molecular weight is 255 g/mol. The van der Waals surface area contributed by atoms with Gasteiger partial charge in [0, 0.05) is 19.2 Å². The molecule has 0 bridgehead atoms. The monoisotopic (exact) mass is 255 g/mol. The summed E-state index contributed by atoms with van der Waals surface area (Å²) in [5, 5.41) is 3.20. The smallest absolute Gasteiger partial charge is 0.252 e. The molecule has 6 heteroatoms. The number of rotatable bonds is 4. The lowest BCUT2D eigenvalue weighted by atomic mass is 10.0. The van der Waals surface area contributed by atoms with E-state index < -0.39 is 12.0 Å². The Hall–Kier alpha value is -1.14. The molecule has 3 atom stereocenters. The molecule has 2 aliphatic rings. The number of hydrogen-bond acceptors (Lipinski definition) is 4.